The van der Waals surface area contributed by atoms with Gasteiger partial charge in [-0.3, -0.25) is 0 Å². The second-order valence-electron chi connectivity index (χ2n) is 8.42. The Balaban J connectivity index is 1.43. The van der Waals surface area contributed by atoms with Crippen LogP contribution in [0.3, 0.4) is 0 Å². The van der Waals surface area contributed by atoms with Crippen molar-refractivity contribution in [2.45, 2.75) is 35.9 Å². The number of hydrogen-bond acceptors (Lipinski definition) is 9. The molecule has 5 rings (SSSR count). The van der Waals surface area contributed by atoms with Gasteiger partial charge in [0.1, 0.15) is 19.5 Å². The summed E-state index contributed by atoms with van der Waals surface area (Å²) in [5.41, 5.74) is 7.32. The topological polar surface area (TPSA) is 125 Å². The molecule has 182 valence electrons. The van der Waals surface area contributed by atoms with Crippen molar-refractivity contribution in [1.82, 2.24) is 23.8 Å². The van der Waals surface area contributed by atoms with Crippen LogP contribution >= 0.6 is 27.7 Å². The number of benzene rings is 1. The molecule has 1 atom stereocenters. The number of nitrogens with two attached hydrogens (primary N) is 1. The highest BCUT2D eigenvalue weighted by Gasteiger charge is 2.27. The summed E-state index contributed by atoms with van der Waals surface area (Å²) in [6, 6.07) is 3.84. The highest BCUT2D eigenvalue weighted by molar-refractivity contribution is 9.10. The van der Waals surface area contributed by atoms with Crippen LogP contribution in [-0.4, -0.2) is 64.8 Å². The van der Waals surface area contributed by atoms with Crippen molar-refractivity contribution < 1.29 is 17.9 Å². The highest BCUT2D eigenvalue weighted by atomic mass is 79.9. The number of rotatable bonds is 6. The molecule has 1 aromatic carbocycles. The normalized spacial score (nSPS) is 18.9. The fourth-order valence-corrected chi connectivity index (χ4v) is 6.76. The van der Waals surface area contributed by atoms with Crippen molar-refractivity contribution in [2.24, 2.45) is 5.92 Å². The smallest absolute Gasteiger partial charge is 0.211 e. The Morgan fingerprint density at radius 2 is 2.00 bits per heavy atom. The van der Waals surface area contributed by atoms with Gasteiger partial charge < -0.3 is 19.8 Å². The molecule has 3 aromatic rings. The van der Waals surface area contributed by atoms with E-state index in [4.69, 9.17) is 20.2 Å². The van der Waals surface area contributed by atoms with E-state index in [1.807, 2.05) is 16.7 Å². The van der Waals surface area contributed by atoms with Gasteiger partial charge in [-0.25, -0.2) is 27.7 Å². The van der Waals surface area contributed by atoms with Gasteiger partial charge in [-0.05, 0) is 53.2 Å². The summed E-state index contributed by atoms with van der Waals surface area (Å²) in [4.78, 5) is 14.2. The largest absolute Gasteiger partial charge is 0.486 e. The molecular formula is C21H25BrN6O4S2. The molecule has 0 aliphatic carbocycles. The Hall–Kier alpha value is -2.09. The number of aryl methyl sites for hydroxylation is 1. The lowest BCUT2D eigenvalue weighted by atomic mass is 9.96. The fraction of sp³-hybridized carbons (Fsp3) is 0.476. The maximum atomic E-state index is 12.0. The maximum absolute atomic E-state index is 12.0. The van der Waals surface area contributed by atoms with E-state index in [9.17, 15) is 8.42 Å². The van der Waals surface area contributed by atoms with Crippen LogP contribution in [-0.2, 0) is 16.6 Å². The molecule has 2 aromatic heterocycles. The number of aromatic nitrogens is 4. The Kier molecular flexibility index (Phi) is 6.62. The molecule has 13 heteroatoms. The first-order chi connectivity index (χ1) is 16.3. The quantitative estimate of drug-likeness (QED) is 0.477. The van der Waals surface area contributed by atoms with Gasteiger partial charge in [0.2, 0.25) is 10.0 Å². The van der Waals surface area contributed by atoms with Crippen molar-refractivity contribution in [3.63, 3.8) is 0 Å². The number of piperidine rings is 1. The van der Waals surface area contributed by atoms with Gasteiger partial charge in [0.05, 0.1) is 6.26 Å². The van der Waals surface area contributed by atoms with Crippen LogP contribution in [0.2, 0.25) is 0 Å². The molecule has 34 heavy (non-hydrogen) atoms. The van der Waals surface area contributed by atoms with Gasteiger partial charge in [-0.1, -0.05) is 11.8 Å². The number of sulfonamides is 1. The zero-order valence-electron chi connectivity index (χ0n) is 18.6. The Morgan fingerprint density at radius 1 is 1.24 bits per heavy atom. The van der Waals surface area contributed by atoms with Gasteiger partial charge in [0, 0.05) is 29.0 Å². The molecular weight excluding hydrogens is 544 g/mol. The molecule has 0 radical (unpaired) electrons. The van der Waals surface area contributed by atoms with E-state index in [0.717, 1.165) is 33.8 Å². The van der Waals surface area contributed by atoms with Crippen molar-refractivity contribution in [3.8, 4) is 11.5 Å². The van der Waals surface area contributed by atoms with Crippen molar-refractivity contribution in [2.75, 3.05) is 38.3 Å². The van der Waals surface area contributed by atoms with E-state index >= 15 is 0 Å². The molecule has 10 nitrogen and oxygen atoms in total. The summed E-state index contributed by atoms with van der Waals surface area (Å²) in [5.74, 6) is 1.99. The molecule has 4 heterocycles. The number of nitrogen functional groups attached to an aromatic ring is 1. The lowest BCUT2D eigenvalue weighted by molar-refractivity contribution is 0.171. The van der Waals surface area contributed by atoms with E-state index in [0.29, 0.717) is 61.3 Å². The average Bonchev–Trinajstić information content (AvgIpc) is 3.16. The monoisotopic (exact) mass is 568 g/mol. The van der Waals surface area contributed by atoms with Gasteiger partial charge >= 0.3 is 0 Å². The third-order valence-electron chi connectivity index (χ3n) is 6.03. The van der Waals surface area contributed by atoms with Gasteiger partial charge in [0.15, 0.2) is 33.6 Å². The molecule has 0 spiro atoms. The number of halogens is 1. The standard InChI is InChI=1S/C21H25BrN6O4S2/c1-34(29,30)27-5-2-3-13(11-27)4-6-28-20-18(19(23)24-12-25-20)26-21(28)33-17-10-16-15(9-14(17)22)31-7-8-32-16/h9-10,12-13H,2-8,11H2,1H3,(H2,23,24,25). The Bertz CT molecular complexity index is 1330. The van der Waals surface area contributed by atoms with Crippen LogP contribution in [0.4, 0.5) is 5.82 Å². The van der Waals surface area contributed by atoms with E-state index in [1.54, 1.807) is 4.31 Å². The minimum absolute atomic E-state index is 0.263. The molecule has 2 aliphatic rings. The van der Waals surface area contributed by atoms with Crippen LogP contribution in [0.15, 0.2) is 33.0 Å². The third kappa shape index (κ3) is 4.83. The first-order valence-corrected chi connectivity index (χ1v) is 14.4. The predicted octanol–water partition coefficient (Wildman–Crippen LogP) is 3.16. The average molecular weight is 570 g/mol. The molecule has 0 bridgehead atoms. The third-order valence-corrected chi connectivity index (χ3v) is 9.28. The molecule has 1 fully saturated rings. The van der Waals surface area contributed by atoms with Crippen molar-refractivity contribution in [3.05, 3.63) is 22.9 Å². The number of ether oxygens (including phenoxy) is 2. The summed E-state index contributed by atoms with van der Waals surface area (Å²) < 4.78 is 40.0. The van der Waals surface area contributed by atoms with Gasteiger partial charge in [-0.15, -0.1) is 0 Å². The summed E-state index contributed by atoms with van der Waals surface area (Å²) in [5, 5.41) is 0.732. The molecule has 2 N–H and O–H groups in total. The maximum Gasteiger partial charge on any atom is 0.211 e. The zero-order valence-corrected chi connectivity index (χ0v) is 21.8. The number of imidazole rings is 1. The zero-order chi connectivity index (χ0) is 23.9. The van der Waals surface area contributed by atoms with Crippen LogP contribution in [0, 0.1) is 5.92 Å². The van der Waals surface area contributed by atoms with Crippen LogP contribution in [0.25, 0.3) is 11.2 Å². The Labute approximate surface area is 210 Å². The van der Waals surface area contributed by atoms with Gasteiger partial charge in [0.25, 0.3) is 0 Å². The molecule has 1 unspecified atom stereocenters. The Morgan fingerprint density at radius 3 is 2.76 bits per heavy atom. The molecule has 1 saturated heterocycles. The highest BCUT2D eigenvalue weighted by Crippen LogP contribution is 2.42. The second-order valence-corrected chi connectivity index (χ2v) is 12.3. The molecule has 0 saturated carbocycles. The van der Waals surface area contributed by atoms with E-state index < -0.39 is 10.0 Å². The van der Waals surface area contributed by atoms with E-state index in [2.05, 4.69) is 25.9 Å². The first kappa shape index (κ1) is 23.6. The minimum atomic E-state index is -3.19. The van der Waals surface area contributed by atoms with Crippen LogP contribution in [0.1, 0.15) is 19.3 Å². The summed E-state index contributed by atoms with van der Waals surface area (Å²) in [6.45, 7) is 2.80. The summed E-state index contributed by atoms with van der Waals surface area (Å²) >= 11 is 5.11. The molecule has 2 aliphatic heterocycles. The number of anilines is 1. The molecule has 0 amide bonds. The SMILES string of the molecule is CS(=O)(=O)N1CCCC(CCn2c(Sc3cc4c(cc3Br)OCCO4)nc3c(N)ncnc32)C1. The second kappa shape index (κ2) is 9.51. The number of nitrogens with zero attached hydrogens (tertiary/aromatic N) is 5. The van der Waals surface area contributed by atoms with E-state index in [1.165, 1.54) is 24.3 Å². The predicted molar refractivity (Wildman–Crippen MR) is 133 cm³/mol. The van der Waals surface area contributed by atoms with Crippen LogP contribution < -0.4 is 15.2 Å². The lowest BCUT2D eigenvalue weighted by Gasteiger charge is -2.31. The van der Waals surface area contributed by atoms with E-state index in [-0.39, 0.29) is 5.92 Å². The fourth-order valence-electron chi connectivity index (χ4n) is 4.31. The number of hydrogen-bond donors (Lipinski definition) is 1. The van der Waals surface area contributed by atoms with Crippen molar-refractivity contribution in [1.29, 1.82) is 0 Å². The van der Waals surface area contributed by atoms with Gasteiger partial charge in [-0.2, -0.15) is 0 Å². The first-order valence-electron chi connectivity index (χ1n) is 11.0. The summed E-state index contributed by atoms with van der Waals surface area (Å²) in [7, 11) is -3.19. The van der Waals surface area contributed by atoms with Crippen molar-refractivity contribution >= 4 is 54.7 Å². The minimum Gasteiger partial charge on any atom is -0.486 e. The van der Waals surface area contributed by atoms with Crippen LogP contribution in [0.5, 0.6) is 11.5 Å². The lowest BCUT2D eigenvalue weighted by Crippen LogP contribution is -2.39. The number of fused-ring (bicyclic) bond motifs is 2. The summed E-state index contributed by atoms with van der Waals surface area (Å²) in [6.07, 6.45) is 5.38.